The zero-order chi connectivity index (χ0) is 88.5. The van der Waals surface area contributed by atoms with Gasteiger partial charge in [0.05, 0.1) is 86.5 Å². The van der Waals surface area contributed by atoms with E-state index in [1.54, 1.807) is 67.4 Å². The molecule has 0 radical (unpaired) electrons. The quantitative estimate of drug-likeness (QED) is 0.0863. The van der Waals surface area contributed by atoms with Crippen LogP contribution in [0.1, 0.15) is 134 Å². The predicted octanol–water partition coefficient (Wildman–Crippen LogP) is 5.80. The molecule has 1 unspecified atom stereocenters. The van der Waals surface area contributed by atoms with Gasteiger partial charge in [-0.3, -0.25) is 92.5 Å². The molecule has 16 rings (SSSR count). The third-order valence-electron chi connectivity index (χ3n) is 21.2. The van der Waals surface area contributed by atoms with Gasteiger partial charge in [-0.15, -0.1) is 13.2 Å². The van der Waals surface area contributed by atoms with Crippen LogP contribution >= 0.6 is 0 Å². The maximum absolute atomic E-state index is 13.0. The van der Waals surface area contributed by atoms with E-state index in [1.807, 2.05) is 166 Å². The molecule has 0 saturated carbocycles. The summed E-state index contributed by atoms with van der Waals surface area (Å²) in [5.74, 6) is 2.94. The summed E-state index contributed by atoms with van der Waals surface area (Å²) in [5, 5.41) is 31.5. The van der Waals surface area contributed by atoms with Crippen molar-refractivity contribution in [1.82, 2.24) is 93.4 Å². The smallest absolute Gasteiger partial charge is 0.297 e. The van der Waals surface area contributed by atoms with Crippen LogP contribution in [-0.2, 0) is 101 Å². The molecule has 0 amide bonds. The molecule has 0 aliphatic carbocycles. The van der Waals surface area contributed by atoms with E-state index in [2.05, 4.69) is 70.5 Å². The van der Waals surface area contributed by atoms with Gasteiger partial charge in [-0.05, 0) is 100 Å². The highest BCUT2D eigenvalue weighted by Gasteiger charge is 2.34. The fourth-order valence-corrected chi connectivity index (χ4v) is 15.3. The van der Waals surface area contributed by atoms with E-state index in [-0.39, 0.29) is 75.7 Å². The Labute approximate surface area is 699 Å². The Hall–Kier alpha value is -13.7. The number of fused-ring (bicyclic) bond motifs is 15. The van der Waals surface area contributed by atoms with Crippen molar-refractivity contribution in [3.8, 4) is 0 Å². The van der Waals surface area contributed by atoms with Crippen molar-refractivity contribution in [3.63, 3.8) is 0 Å². The number of aromatic nitrogens is 20. The fourth-order valence-electron chi connectivity index (χ4n) is 15.3. The fraction of sp³-hybridized carbons (Fsp3) is 0.463. The lowest BCUT2D eigenvalue weighted by molar-refractivity contribution is 0.586. The number of allylic oxidation sites excluding steroid dienone is 4. The van der Waals surface area contributed by atoms with Crippen LogP contribution in [0.2, 0.25) is 0 Å². The SMILES string of the molecule is C/C=C/CN1N=C(C)Cn2c1nc1c2c(=O)n(CCC)c(=O)n1C.C/C=C/Cn1c(=O)c2c(nc3n2CC(C)=NN3C(C)C)n(C)c1=O.C=CCN1N=C(C)Cn2c1nc1c2c(=O)n(CCC)c(=O)n1C.C=CCn1c(=O)c2c(nc3n2CC(C)=NN3Cc2ccccc2)n(C)c1=O.CCCN1N=C(C)C(C)n2c1nc1c2c(=O)n(CCC)c(=O)n1C. The van der Waals surface area contributed by atoms with E-state index < -0.39 is 5.69 Å². The number of hydrazone groups is 5. The van der Waals surface area contributed by atoms with Gasteiger partial charge in [0.1, 0.15) is 0 Å². The van der Waals surface area contributed by atoms with Crippen LogP contribution in [0.25, 0.3) is 55.8 Å². The topological polar surface area (TPSA) is 387 Å². The minimum absolute atomic E-state index is 0.0709. The van der Waals surface area contributed by atoms with Crippen molar-refractivity contribution >= 4 is 114 Å². The lowest BCUT2D eigenvalue weighted by Crippen LogP contribution is -2.40. The minimum Gasteiger partial charge on any atom is -0.297 e. The second kappa shape index (κ2) is 36.1. The maximum atomic E-state index is 13.0. The number of benzene rings is 1. The molecular weight excluding hydrogens is 1570 g/mol. The van der Waals surface area contributed by atoms with E-state index in [0.717, 1.165) is 53.4 Å². The highest BCUT2D eigenvalue weighted by atomic mass is 16.2. The molecule has 15 heterocycles. The van der Waals surface area contributed by atoms with Crippen LogP contribution in [0.4, 0.5) is 29.7 Å². The second-order valence-electron chi connectivity index (χ2n) is 30.8. The lowest BCUT2D eigenvalue weighted by Gasteiger charge is -2.28. The zero-order valence-electron chi connectivity index (χ0n) is 72.9. The summed E-state index contributed by atoms with van der Waals surface area (Å²) in [7, 11) is 8.22. The average Bonchev–Trinajstić information content (AvgIpc) is 1.58. The van der Waals surface area contributed by atoms with Crippen molar-refractivity contribution in [1.29, 1.82) is 0 Å². The summed E-state index contributed by atoms with van der Waals surface area (Å²) in [6.45, 7) is 40.5. The molecule has 0 N–H and O–H groups in total. The molecule has 1 aromatic carbocycles. The number of hydrogen-bond acceptors (Lipinski definition) is 25. The molecule has 40 heteroatoms. The summed E-state index contributed by atoms with van der Waals surface area (Å²) < 4.78 is 22.7. The molecule has 1 atom stereocenters. The summed E-state index contributed by atoms with van der Waals surface area (Å²) in [4.78, 5) is 150. The van der Waals surface area contributed by atoms with Crippen molar-refractivity contribution < 1.29 is 0 Å². The highest BCUT2D eigenvalue weighted by Crippen LogP contribution is 2.32. The van der Waals surface area contributed by atoms with Crippen molar-refractivity contribution in [2.75, 3.05) is 44.7 Å². The summed E-state index contributed by atoms with van der Waals surface area (Å²) in [6, 6.07) is 9.95. The Morgan fingerprint density at radius 1 is 0.393 bits per heavy atom. The van der Waals surface area contributed by atoms with Gasteiger partial charge >= 0.3 is 28.4 Å². The van der Waals surface area contributed by atoms with Gasteiger partial charge in [0.25, 0.3) is 27.8 Å². The minimum atomic E-state index is -0.407. The Morgan fingerprint density at radius 2 is 0.730 bits per heavy atom. The standard InChI is InChI=1S/C19H20N6O2.C16H22N6O2.C16H24N6O2.C16H22N6O2.C15H20N6O2/c1-4-10-23-17(26)15-16(22(3)19(23)27)20-18-24(15)11-13(2)21-25(18)12-14-8-6-5-7-9-14;1-6-7-8-20-14(23)12-13(19(5)16(20)24)17-15-21(12)9-11(4)18-22(15)10(2)3;1-6-8-20-14(23)12-13(19(5)16(20)24)17-15-21(9-7-2)18-10(3)11(4)22(12)15;1-5-7-9-22-15-17-13-12(21(15)10-11(3)18-22)14(23)20(8-6-2)16(24)19(13)4;1-5-7-19-13(22)11-12(18(4)15(19)23)16-14-20(11)9-10(3)17-21(14)8-6-2/h4-9H,1,10-12H2,2-3H3;6-7,10H,8-9H2,1-5H3;11H,6-9H2,1-5H3;5,7H,6,8-10H2,1-4H3;6H,2,5,7-9H2,1,3-4H3/b;7-6+;;7-5+;. The largest absolute Gasteiger partial charge is 0.332 e. The van der Waals surface area contributed by atoms with E-state index in [9.17, 15) is 47.9 Å². The van der Waals surface area contributed by atoms with E-state index in [1.165, 1.54) is 51.7 Å². The Kier molecular flexibility index (Phi) is 25.9. The Morgan fingerprint density at radius 3 is 1.14 bits per heavy atom. The molecule has 0 spiro atoms. The van der Waals surface area contributed by atoms with Gasteiger partial charge in [-0.25, -0.2) is 49.0 Å². The molecule has 122 heavy (non-hydrogen) atoms. The second-order valence-corrected chi connectivity index (χ2v) is 30.8. The van der Waals surface area contributed by atoms with Crippen molar-refractivity contribution in [2.24, 2.45) is 60.7 Å². The Bertz CT molecular complexity index is 6870. The van der Waals surface area contributed by atoms with Crippen LogP contribution < -0.4 is 81.3 Å². The molecule has 40 nitrogen and oxygen atoms in total. The molecule has 0 fully saturated rings. The third kappa shape index (κ3) is 15.9. The highest BCUT2D eigenvalue weighted by molar-refractivity contribution is 5.93. The first kappa shape index (κ1) is 87.6. The number of anilines is 5. The number of rotatable bonds is 19. The third-order valence-corrected chi connectivity index (χ3v) is 21.2. The first-order chi connectivity index (χ1) is 58.3. The molecular formula is C82H108N30O10. The van der Waals surface area contributed by atoms with Gasteiger partial charge in [0, 0.05) is 74.5 Å². The van der Waals surface area contributed by atoms with E-state index in [4.69, 9.17) is 0 Å². The van der Waals surface area contributed by atoms with Crippen LogP contribution in [0.15, 0.2) is 153 Å². The average molecular weight is 1670 g/mol. The van der Waals surface area contributed by atoms with Gasteiger partial charge in [0.2, 0.25) is 29.7 Å². The summed E-state index contributed by atoms with van der Waals surface area (Å²) in [5.41, 5.74) is 6.42. The molecule has 10 aromatic heterocycles. The van der Waals surface area contributed by atoms with Crippen LogP contribution in [0, 0.1) is 0 Å². The Balaban J connectivity index is 0.000000140. The van der Waals surface area contributed by atoms with E-state index in [0.29, 0.717) is 164 Å². The van der Waals surface area contributed by atoms with Crippen LogP contribution in [-0.4, -0.2) is 148 Å². The molecule has 0 bridgehead atoms. The van der Waals surface area contributed by atoms with Gasteiger partial charge in [0.15, 0.2) is 55.8 Å². The maximum Gasteiger partial charge on any atom is 0.332 e. The number of nitrogens with zero attached hydrogens (tertiary/aromatic N) is 30. The van der Waals surface area contributed by atoms with Crippen LogP contribution in [0.3, 0.4) is 0 Å². The van der Waals surface area contributed by atoms with Gasteiger partial charge < -0.3 is 0 Å². The predicted molar refractivity (Wildman–Crippen MR) is 480 cm³/mol. The monoisotopic (exact) mass is 1670 g/mol. The summed E-state index contributed by atoms with van der Waals surface area (Å²) >= 11 is 0. The number of imidazole rings is 5. The normalized spacial score (nSPS) is 14.8. The van der Waals surface area contributed by atoms with Crippen molar-refractivity contribution in [3.05, 3.63) is 190 Å². The number of aryl methyl sites for hydroxylation is 5. The van der Waals surface area contributed by atoms with Gasteiger partial charge in [-0.2, -0.15) is 50.4 Å². The van der Waals surface area contributed by atoms with Crippen LogP contribution in [0.5, 0.6) is 0 Å². The first-order valence-corrected chi connectivity index (χ1v) is 40.9. The molecule has 0 saturated heterocycles. The molecule has 646 valence electrons. The van der Waals surface area contributed by atoms with Crippen molar-refractivity contribution in [2.45, 2.75) is 200 Å². The number of hydrogen-bond donors (Lipinski definition) is 0. The zero-order valence-corrected chi connectivity index (χ0v) is 72.9. The molecule has 11 aromatic rings. The van der Waals surface area contributed by atoms with Gasteiger partial charge in [-0.1, -0.05) is 94.5 Å². The van der Waals surface area contributed by atoms with E-state index >= 15 is 0 Å². The molecule has 5 aliphatic heterocycles. The first-order valence-electron chi connectivity index (χ1n) is 40.9. The molecule has 5 aliphatic rings. The lowest BCUT2D eigenvalue weighted by atomic mass is 10.2. The summed E-state index contributed by atoms with van der Waals surface area (Å²) in [6.07, 6.45) is 13.8.